The van der Waals surface area contributed by atoms with E-state index in [0.29, 0.717) is 45.1 Å². The van der Waals surface area contributed by atoms with E-state index in [1.54, 1.807) is 12.1 Å². The zero-order chi connectivity index (χ0) is 17.2. The third-order valence-electron chi connectivity index (χ3n) is 4.59. The van der Waals surface area contributed by atoms with Crippen LogP contribution in [0.4, 0.5) is 10.3 Å². The summed E-state index contributed by atoms with van der Waals surface area (Å²) in [6, 6.07) is 6.72. The Labute approximate surface area is 145 Å². The molecule has 0 spiro atoms. The third-order valence-corrected chi connectivity index (χ3v) is 4.59. The molecule has 2 unspecified atom stereocenters. The van der Waals surface area contributed by atoms with Crippen LogP contribution in [0.2, 0.25) is 0 Å². The number of aromatic nitrogens is 3. The van der Waals surface area contributed by atoms with E-state index >= 15 is 0 Å². The molecule has 0 bridgehead atoms. The Hall–Kier alpha value is -2.03. The highest BCUT2D eigenvalue weighted by Gasteiger charge is 2.29. The summed E-state index contributed by atoms with van der Waals surface area (Å²) in [4.78, 5) is 2.07. The van der Waals surface area contributed by atoms with Crippen LogP contribution in [0.15, 0.2) is 24.3 Å². The van der Waals surface area contributed by atoms with E-state index in [0.717, 1.165) is 11.8 Å². The van der Waals surface area contributed by atoms with Gasteiger partial charge < -0.3 is 19.1 Å². The van der Waals surface area contributed by atoms with Crippen molar-refractivity contribution in [2.24, 2.45) is 7.05 Å². The van der Waals surface area contributed by atoms with Crippen molar-refractivity contribution in [3.8, 4) is 0 Å². The van der Waals surface area contributed by atoms with Gasteiger partial charge in [0.1, 0.15) is 18.0 Å². The molecule has 2 atom stereocenters. The van der Waals surface area contributed by atoms with E-state index in [2.05, 4.69) is 15.1 Å². The lowest BCUT2D eigenvalue weighted by Crippen LogP contribution is -2.40. The summed E-state index contributed by atoms with van der Waals surface area (Å²) in [5.41, 5.74) is 0.568. The van der Waals surface area contributed by atoms with Gasteiger partial charge in [0, 0.05) is 19.2 Å². The minimum atomic E-state index is -0.329. The Morgan fingerprint density at radius 2 is 1.92 bits per heavy atom. The normalized spacial score (nSPS) is 24.5. The number of nitrogens with zero attached hydrogens (tertiary/aromatic N) is 4. The van der Waals surface area contributed by atoms with Gasteiger partial charge in [0.05, 0.1) is 33.0 Å². The van der Waals surface area contributed by atoms with E-state index in [9.17, 15) is 4.39 Å². The fourth-order valence-corrected chi connectivity index (χ4v) is 3.28. The molecule has 1 aromatic carbocycles. The van der Waals surface area contributed by atoms with E-state index in [4.69, 9.17) is 14.2 Å². The van der Waals surface area contributed by atoms with Crippen LogP contribution in [0, 0.1) is 5.82 Å². The van der Waals surface area contributed by atoms with Crippen LogP contribution in [0.5, 0.6) is 0 Å². The fraction of sp³-hybridized carbons (Fsp3) is 0.529. The van der Waals surface area contributed by atoms with Gasteiger partial charge in [-0.1, -0.05) is 18.2 Å². The molecule has 8 heteroatoms. The molecular weight excluding hydrogens is 327 g/mol. The molecule has 0 N–H and O–H groups in total. The first-order valence-corrected chi connectivity index (χ1v) is 8.43. The van der Waals surface area contributed by atoms with Crippen molar-refractivity contribution in [2.75, 3.05) is 44.4 Å². The lowest BCUT2D eigenvalue weighted by Gasteiger charge is -2.33. The predicted octanol–water partition coefficient (Wildman–Crippen LogP) is 1.62. The highest BCUT2D eigenvalue weighted by Crippen LogP contribution is 2.28. The zero-order valence-corrected chi connectivity index (χ0v) is 14.1. The van der Waals surface area contributed by atoms with Crippen LogP contribution in [0.1, 0.15) is 23.6 Å². The average molecular weight is 348 g/mol. The minimum Gasteiger partial charge on any atom is -0.376 e. The first-order chi connectivity index (χ1) is 12.2. The molecular formula is C17H21FN4O3. The molecule has 134 valence electrons. The van der Waals surface area contributed by atoms with Crippen LogP contribution >= 0.6 is 0 Å². The summed E-state index contributed by atoms with van der Waals surface area (Å²) in [6.45, 7) is 3.35. The lowest BCUT2D eigenvalue weighted by atomic mass is 10.1. The van der Waals surface area contributed by atoms with Crippen molar-refractivity contribution in [1.82, 2.24) is 14.8 Å². The second-order valence-electron chi connectivity index (χ2n) is 6.18. The number of ether oxygens (including phenoxy) is 3. The predicted molar refractivity (Wildman–Crippen MR) is 87.8 cm³/mol. The number of rotatable bonds is 3. The van der Waals surface area contributed by atoms with E-state index < -0.39 is 0 Å². The number of morpholine rings is 1. The van der Waals surface area contributed by atoms with Crippen molar-refractivity contribution >= 4 is 5.95 Å². The number of hydrogen-bond acceptors (Lipinski definition) is 6. The number of anilines is 1. The Bertz CT molecular complexity index is 732. The summed E-state index contributed by atoms with van der Waals surface area (Å²) in [6.07, 6.45) is -0.534. The lowest BCUT2D eigenvalue weighted by molar-refractivity contribution is -0.0945. The maximum absolute atomic E-state index is 14.1. The molecule has 2 aliphatic rings. The van der Waals surface area contributed by atoms with Crippen LogP contribution in [-0.4, -0.2) is 54.3 Å². The second-order valence-corrected chi connectivity index (χ2v) is 6.18. The van der Waals surface area contributed by atoms with Crippen LogP contribution in [0.25, 0.3) is 0 Å². The molecule has 2 fully saturated rings. The average Bonchev–Trinajstić information content (AvgIpc) is 3.04. The van der Waals surface area contributed by atoms with Gasteiger partial charge in [-0.15, -0.1) is 10.2 Å². The van der Waals surface area contributed by atoms with E-state index in [1.807, 2.05) is 17.7 Å². The van der Waals surface area contributed by atoms with Gasteiger partial charge in [-0.05, 0) is 6.07 Å². The van der Waals surface area contributed by atoms with Crippen molar-refractivity contribution in [2.45, 2.75) is 12.2 Å². The number of benzene rings is 1. The van der Waals surface area contributed by atoms with Gasteiger partial charge in [-0.25, -0.2) is 4.39 Å². The SMILES string of the molecule is Cn1c(C2COCCO2)nnc1N1CCOC(c2ccccc2F)C1. The van der Waals surface area contributed by atoms with E-state index in [1.165, 1.54) is 6.07 Å². The molecule has 4 rings (SSSR count). The van der Waals surface area contributed by atoms with E-state index in [-0.39, 0.29) is 18.0 Å². The summed E-state index contributed by atoms with van der Waals surface area (Å²) in [5, 5.41) is 8.60. The number of hydrogen-bond donors (Lipinski definition) is 0. The Morgan fingerprint density at radius 3 is 2.72 bits per heavy atom. The molecule has 0 aliphatic carbocycles. The molecule has 2 saturated heterocycles. The maximum atomic E-state index is 14.1. The number of halogens is 1. The van der Waals surface area contributed by atoms with Gasteiger partial charge in [0.2, 0.25) is 5.95 Å². The van der Waals surface area contributed by atoms with Gasteiger partial charge in [0.25, 0.3) is 0 Å². The first kappa shape index (κ1) is 16.4. The minimum absolute atomic E-state index is 0.205. The third kappa shape index (κ3) is 3.24. The quantitative estimate of drug-likeness (QED) is 0.840. The van der Waals surface area contributed by atoms with Crippen LogP contribution in [0.3, 0.4) is 0 Å². The summed E-state index contributed by atoms with van der Waals surface area (Å²) in [7, 11) is 1.91. The Kier molecular flexibility index (Phi) is 4.65. The molecule has 2 aliphatic heterocycles. The first-order valence-electron chi connectivity index (χ1n) is 8.43. The molecule has 25 heavy (non-hydrogen) atoms. The van der Waals surface area contributed by atoms with Crippen molar-refractivity contribution in [1.29, 1.82) is 0 Å². The smallest absolute Gasteiger partial charge is 0.227 e. The summed E-state index contributed by atoms with van der Waals surface area (Å²) in [5.74, 6) is 1.22. The monoisotopic (exact) mass is 348 g/mol. The zero-order valence-electron chi connectivity index (χ0n) is 14.1. The van der Waals surface area contributed by atoms with Gasteiger partial charge in [-0.3, -0.25) is 4.57 Å². The topological polar surface area (TPSA) is 61.6 Å². The van der Waals surface area contributed by atoms with Gasteiger partial charge in [-0.2, -0.15) is 0 Å². The summed E-state index contributed by atoms with van der Waals surface area (Å²) < 4.78 is 32.9. The largest absolute Gasteiger partial charge is 0.376 e. The van der Waals surface area contributed by atoms with Crippen molar-refractivity contribution < 1.29 is 18.6 Å². The molecule has 1 aromatic heterocycles. The Morgan fingerprint density at radius 1 is 1.08 bits per heavy atom. The van der Waals surface area contributed by atoms with Crippen molar-refractivity contribution in [3.05, 3.63) is 41.5 Å². The highest BCUT2D eigenvalue weighted by atomic mass is 19.1. The molecule has 0 saturated carbocycles. The highest BCUT2D eigenvalue weighted by molar-refractivity contribution is 5.34. The standard InChI is InChI=1S/C17H21FN4O3/c1-21-16(15-11-23-8-9-25-15)19-20-17(21)22-6-7-24-14(10-22)12-4-2-3-5-13(12)18/h2-5,14-15H,6-11H2,1H3. The second kappa shape index (κ2) is 7.07. The molecule has 0 radical (unpaired) electrons. The maximum Gasteiger partial charge on any atom is 0.227 e. The molecule has 7 nitrogen and oxygen atoms in total. The molecule has 0 amide bonds. The van der Waals surface area contributed by atoms with Crippen LogP contribution < -0.4 is 4.90 Å². The Balaban J connectivity index is 1.54. The van der Waals surface area contributed by atoms with Crippen LogP contribution in [-0.2, 0) is 21.3 Å². The van der Waals surface area contributed by atoms with Crippen molar-refractivity contribution in [3.63, 3.8) is 0 Å². The molecule has 3 heterocycles. The van der Waals surface area contributed by atoms with Gasteiger partial charge in [0.15, 0.2) is 5.82 Å². The molecule has 2 aromatic rings. The van der Waals surface area contributed by atoms with Gasteiger partial charge >= 0.3 is 0 Å². The summed E-state index contributed by atoms with van der Waals surface area (Å²) >= 11 is 0. The fourth-order valence-electron chi connectivity index (χ4n) is 3.28.